The number of carbonyl (C=O) groups excluding carboxylic acids is 1. The molecule has 312 valence electrons. The highest BCUT2D eigenvalue weighted by molar-refractivity contribution is 5.69. The minimum absolute atomic E-state index is 0.136. The summed E-state index contributed by atoms with van der Waals surface area (Å²) in [6, 6.07) is 0. The van der Waals surface area contributed by atoms with Crippen LogP contribution < -0.4 is 0 Å². The second-order valence-electron chi connectivity index (χ2n) is 19.8. The zero-order valence-corrected chi connectivity index (χ0v) is 35.5. The fourth-order valence-electron chi connectivity index (χ4n) is 12.3. The number of rotatable bonds is 21. The molecule has 0 amide bonds. The van der Waals surface area contributed by atoms with Crippen molar-refractivity contribution in [3.63, 3.8) is 0 Å². The molecule has 3 N–H and O–H groups in total. The van der Waals surface area contributed by atoms with Crippen molar-refractivity contribution in [2.45, 2.75) is 226 Å². The summed E-state index contributed by atoms with van der Waals surface area (Å²) in [5.41, 5.74) is 2.15. The van der Waals surface area contributed by atoms with Crippen LogP contribution in [0, 0.1) is 46.3 Å². The lowest BCUT2D eigenvalue weighted by atomic mass is 9.47. The van der Waals surface area contributed by atoms with Gasteiger partial charge in [0, 0.05) is 6.42 Å². The summed E-state index contributed by atoms with van der Waals surface area (Å²) in [6.45, 7) is 14.5. The molecule has 5 rings (SSSR count). The van der Waals surface area contributed by atoms with Gasteiger partial charge in [0.25, 0.3) is 0 Å². The SMILES string of the molecule is CCCCCCCCCCCCCC(=O)OC[C@H]1O[C@H](O[C@H]2CC[C@@]3(C)C(=CC[C@H]4[C@@H]5CC[C@H]([C@H](C)CCCC(C)C)[C@@]5(C)CC[C@@H]43)C2)[C@@H](O)[C@@H](O)[C@@H]1O. The molecule has 13 atom stereocenters. The lowest BCUT2D eigenvalue weighted by Crippen LogP contribution is -2.60. The van der Waals surface area contributed by atoms with Crippen molar-refractivity contribution in [1.82, 2.24) is 0 Å². The van der Waals surface area contributed by atoms with Gasteiger partial charge in [-0.15, -0.1) is 0 Å². The first-order valence-corrected chi connectivity index (χ1v) is 23.1. The van der Waals surface area contributed by atoms with Crippen molar-refractivity contribution in [2.24, 2.45) is 46.3 Å². The van der Waals surface area contributed by atoms with Crippen LogP contribution >= 0.6 is 0 Å². The number of hydrogen-bond donors (Lipinski definition) is 3. The molecule has 4 aliphatic carbocycles. The fourth-order valence-corrected chi connectivity index (χ4v) is 12.3. The molecule has 7 heteroatoms. The highest BCUT2D eigenvalue weighted by Crippen LogP contribution is 2.67. The zero-order chi connectivity index (χ0) is 38.9. The van der Waals surface area contributed by atoms with Gasteiger partial charge in [-0.05, 0) is 104 Å². The highest BCUT2D eigenvalue weighted by Gasteiger charge is 2.59. The Morgan fingerprint density at radius 3 is 2.19 bits per heavy atom. The molecule has 0 unspecified atom stereocenters. The maximum Gasteiger partial charge on any atom is 0.305 e. The van der Waals surface area contributed by atoms with Crippen LogP contribution in [0.2, 0.25) is 0 Å². The second-order valence-corrected chi connectivity index (χ2v) is 19.8. The molecule has 0 radical (unpaired) electrons. The first kappa shape index (κ1) is 44.1. The first-order valence-electron chi connectivity index (χ1n) is 23.1. The molecule has 4 fully saturated rings. The van der Waals surface area contributed by atoms with E-state index in [9.17, 15) is 20.1 Å². The topological polar surface area (TPSA) is 105 Å². The summed E-state index contributed by atoms with van der Waals surface area (Å²) in [5.74, 6) is 4.45. The van der Waals surface area contributed by atoms with Crippen LogP contribution in [0.1, 0.15) is 189 Å². The van der Waals surface area contributed by atoms with E-state index in [0.29, 0.717) is 17.8 Å². The van der Waals surface area contributed by atoms with E-state index in [2.05, 4.69) is 47.6 Å². The van der Waals surface area contributed by atoms with Crippen LogP contribution in [-0.4, -0.2) is 64.7 Å². The Balaban J connectivity index is 1.06. The second kappa shape index (κ2) is 20.6. The standard InChI is InChI=1S/C47H82O7/c1-7-8-9-10-11-12-13-14-15-16-17-21-41(48)52-31-40-42(49)43(50)44(51)45(54-40)53-35-26-28-46(5)34(30-35)22-23-36-38-25-24-37(33(4)20-18-19-32(2)3)47(38,6)29-27-39(36)46/h22,32-33,35-40,42-45,49-51H,7-21,23-31H2,1-6H3/t33-,35+,36+,37-,38+,39+,40-,42-,43+,44+,45+,46+,47-/m1/s1. The number of carbonyl (C=O) groups is 1. The Labute approximate surface area is 330 Å². The number of aliphatic hydroxyl groups excluding tert-OH is 3. The van der Waals surface area contributed by atoms with Crippen molar-refractivity contribution in [3.8, 4) is 0 Å². The molecule has 0 bridgehead atoms. The molecule has 1 heterocycles. The zero-order valence-electron chi connectivity index (χ0n) is 35.5. The van der Waals surface area contributed by atoms with Crippen molar-refractivity contribution >= 4 is 5.97 Å². The van der Waals surface area contributed by atoms with Gasteiger partial charge in [-0.2, -0.15) is 0 Å². The van der Waals surface area contributed by atoms with Crippen LogP contribution in [0.25, 0.3) is 0 Å². The summed E-state index contributed by atoms with van der Waals surface area (Å²) in [6.07, 6.45) is 23.4. The van der Waals surface area contributed by atoms with Crippen LogP contribution in [0.4, 0.5) is 0 Å². The first-order chi connectivity index (χ1) is 25.9. The predicted molar refractivity (Wildman–Crippen MR) is 217 cm³/mol. The normalized spacial score (nSPS) is 38.4. The summed E-state index contributed by atoms with van der Waals surface area (Å²) < 4.78 is 18.0. The minimum atomic E-state index is -1.44. The molecule has 0 aromatic carbocycles. The largest absolute Gasteiger partial charge is 0.463 e. The molecule has 3 saturated carbocycles. The smallest absolute Gasteiger partial charge is 0.305 e. The van der Waals surface area contributed by atoms with E-state index >= 15 is 0 Å². The number of fused-ring (bicyclic) bond motifs is 5. The van der Waals surface area contributed by atoms with Gasteiger partial charge in [-0.1, -0.05) is 137 Å². The van der Waals surface area contributed by atoms with Gasteiger partial charge in [-0.3, -0.25) is 4.79 Å². The summed E-state index contributed by atoms with van der Waals surface area (Å²) in [7, 11) is 0. The molecule has 54 heavy (non-hydrogen) atoms. The Kier molecular flexibility index (Phi) is 16.8. The molecular weight excluding hydrogens is 677 g/mol. The van der Waals surface area contributed by atoms with Gasteiger partial charge in [0.05, 0.1) is 6.10 Å². The molecule has 5 aliphatic rings. The summed E-state index contributed by atoms with van der Waals surface area (Å²) in [4.78, 5) is 12.5. The Hall–Kier alpha value is -0.990. The van der Waals surface area contributed by atoms with Gasteiger partial charge in [0.15, 0.2) is 6.29 Å². The van der Waals surface area contributed by atoms with Crippen LogP contribution in [0.3, 0.4) is 0 Å². The minimum Gasteiger partial charge on any atom is -0.463 e. The quantitative estimate of drug-likeness (QED) is 0.0608. The number of aliphatic hydroxyl groups is 3. The highest BCUT2D eigenvalue weighted by atomic mass is 16.7. The van der Waals surface area contributed by atoms with Crippen molar-refractivity contribution in [3.05, 3.63) is 11.6 Å². The third-order valence-corrected chi connectivity index (χ3v) is 15.6. The monoisotopic (exact) mass is 759 g/mol. The Bertz CT molecular complexity index is 1170. The average Bonchev–Trinajstić information content (AvgIpc) is 3.50. The Morgan fingerprint density at radius 2 is 1.50 bits per heavy atom. The molecular formula is C47H82O7. The molecule has 0 aromatic rings. The third-order valence-electron chi connectivity index (χ3n) is 15.6. The molecule has 0 spiro atoms. The van der Waals surface area contributed by atoms with E-state index in [4.69, 9.17) is 14.2 Å². The van der Waals surface area contributed by atoms with E-state index in [0.717, 1.165) is 74.5 Å². The van der Waals surface area contributed by atoms with E-state index in [1.165, 1.54) is 102 Å². The van der Waals surface area contributed by atoms with Crippen molar-refractivity contribution in [2.75, 3.05) is 6.61 Å². The summed E-state index contributed by atoms with van der Waals surface area (Å²) >= 11 is 0. The number of hydrogen-bond acceptors (Lipinski definition) is 7. The predicted octanol–water partition coefficient (Wildman–Crippen LogP) is 10.5. The lowest BCUT2D eigenvalue weighted by molar-refractivity contribution is -0.313. The summed E-state index contributed by atoms with van der Waals surface area (Å²) in [5, 5.41) is 32.4. The van der Waals surface area contributed by atoms with Crippen LogP contribution in [0.15, 0.2) is 11.6 Å². The van der Waals surface area contributed by atoms with Crippen LogP contribution in [0.5, 0.6) is 0 Å². The van der Waals surface area contributed by atoms with Gasteiger partial charge in [0.2, 0.25) is 0 Å². The molecule has 1 saturated heterocycles. The third kappa shape index (κ3) is 10.7. The van der Waals surface area contributed by atoms with Gasteiger partial charge in [-0.25, -0.2) is 0 Å². The van der Waals surface area contributed by atoms with Gasteiger partial charge in [0.1, 0.15) is 31.0 Å². The maximum atomic E-state index is 12.5. The van der Waals surface area contributed by atoms with Crippen molar-refractivity contribution < 1.29 is 34.3 Å². The van der Waals surface area contributed by atoms with Gasteiger partial charge < -0.3 is 29.5 Å². The number of unbranched alkanes of at least 4 members (excludes halogenated alkanes) is 10. The maximum absolute atomic E-state index is 12.5. The average molecular weight is 759 g/mol. The Morgan fingerprint density at radius 1 is 0.815 bits per heavy atom. The van der Waals surface area contributed by atoms with E-state index < -0.39 is 30.7 Å². The number of esters is 1. The number of allylic oxidation sites excluding steroid dienone is 1. The van der Waals surface area contributed by atoms with E-state index in [1.54, 1.807) is 0 Å². The van der Waals surface area contributed by atoms with Crippen LogP contribution in [-0.2, 0) is 19.0 Å². The number of ether oxygens (including phenoxy) is 3. The molecule has 1 aliphatic heterocycles. The van der Waals surface area contributed by atoms with Crippen molar-refractivity contribution in [1.29, 1.82) is 0 Å². The molecule has 0 aromatic heterocycles. The van der Waals surface area contributed by atoms with E-state index in [-0.39, 0.29) is 24.1 Å². The fraction of sp³-hybridized carbons (Fsp3) is 0.936. The van der Waals surface area contributed by atoms with Gasteiger partial charge >= 0.3 is 5.97 Å². The lowest BCUT2D eigenvalue weighted by Gasteiger charge is -2.58. The molecule has 7 nitrogen and oxygen atoms in total. The van der Waals surface area contributed by atoms with E-state index in [1.807, 2.05) is 0 Å².